The largest absolute Gasteiger partial charge is 0.508 e. The van der Waals surface area contributed by atoms with Crippen molar-refractivity contribution in [2.24, 2.45) is 0 Å². The molecule has 2 N–H and O–H groups in total. The summed E-state index contributed by atoms with van der Waals surface area (Å²) >= 11 is 0. The molecule has 2 heteroatoms. The Kier molecular flexibility index (Phi) is 2.96. The fourth-order valence-electron chi connectivity index (χ4n) is 2.59. The van der Waals surface area contributed by atoms with Gasteiger partial charge >= 0.3 is 0 Å². The third kappa shape index (κ3) is 2.15. The first-order chi connectivity index (χ1) is 7.20. The molecule has 2 nitrogen and oxygen atoms in total. The molecule has 1 fully saturated rings. The summed E-state index contributed by atoms with van der Waals surface area (Å²) in [5.41, 5.74) is 1.34. The van der Waals surface area contributed by atoms with E-state index in [1.165, 1.54) is 12.0 Å². The van der Waals surface area contributed by atoms with E-state index in [4.69, 9.17) is 0 Å². The summed E-state index contributed by atoms with van der Waals surface area (Å²) in [7, 11) is 0. The average molecular weight is 205 g/mol. The van der Waals surface area contributed by atoms with Gasteiger partial charge in [0.1, 0.15) is 5.75 Å². The van der Waals surface area contributed by atoms with Crippen LogP contribution < -0.4 is 5.32 Å². The first kappa shape index (κ1) is 10.5. The minimum atomic E-state index is 0.353. The maximum Gasteiger partial charge on any atom is 0.115 e. The van der Waals surface area contributed by atoms with E-state index in [-0.39, 0.29) is 0 Å². The van der Waals surface area contributed by atoms with Crippen LogP contribution in [0.2, 0.25) is 0 Å². The molecule has 0 saturated carbocycles. The van der Waals surface area contributed by atoms with E-state index in [1.807, 2.05) is 12.1 Å². The van der Waals surface area contributed by atoms with Gasteiger partial charge in [0.2, 0.25) is 0 Å². The molecule has 1 saturated heterocycles. The molecule has 0 radical (unpaired) electrons. The molecule has 1 aliphatic rings. The standard InChI is InChI=1S/C13H19NO/c1-3-13-12(8-9(2)14-13)10-4-6-11(15)7-5-10/h4-7,9,12-15H,3,8H2,1-2H3/t9-,12-,13-/m1/s1. The van der Waals surface area contributed by atoms with Crippen LogP contribution in [0.3, 0.4) is 0 Å². The fraction of sp³-hybridized carbons (Fsp3) is 0.538. The molecule has 0 aliphatic carbocycles. The number of rotatable bonds is 2. The summed E-state index contributed by atoms with van der Waals surface area (Å²) in [5, 5.41) is 12.9. The van der Waals surface area contributed by atoms with Gasteiger partial charge in [0.05, 0.1) is 0 Å². The molecule has 3 atom stereocenters. The van der Waals surface area contributed by atoms with Gasteiger partial charge in [0.25, 0.3) is 0 Å². The van der Waals surface area contributed by atoms with Crippen molar-refractivity contribution in [2.45, 2.75) is 44.7 Å². The summed E-state index contributed by atoms with van der Waals surface area (Å²) in [6.45, 7) is 4.46. The van der Waals surface area contributed by atoms with E-state index >= 15 is 0 Å². The molecule has 82 valence electrons. The van der Waals surface area contributed by atoms with E-state index in [2.05, 4.69) is 19.2 Å². The maximum absolute atomic E-state index is 9.26. The van der Waals surface area contributed by atoms with Crippen molar-refractivity contribution in [1.82, 2.24) is 5.32 Å². The van der Waals surface area contributed by atoms with E-state index in [9.17, 15) is 5.11 Å². The highest BCUT2D eigenvalue weighted by atomic mass is 16.3. The normalized spacial score (nSPS) is 30.7. The minimum Gasteiger partial charge on any atom is -0.508 e. The number of hydrogen-bond donors (Lipinski definition) is 2. The number of phenolic OH excluding ortho intramolecular Hbond substituents is 1. The monoisotopic (exact) mass is 205 g/mol. The second-order valence-corrected chi connectivity index (χ2v) is 4.52. The van der Waals surface area contributed by atoms with E-state index in [0.717, 1.165) is 6.42 Å². The van der Waals surface area contributed by atoms with E-state index in [1.54, 1.807) is 12.1 Å². The Hall–Kier alpha value is -1.02. The van der Waals surface area contributed by atoms with Crippen molar-refractivity contribution in [3.63, 3.8) is 0 Å². The molecule has 15 heavy (non-hydrogen) atoms. The number of hydrogen-bond acceptors (Lipinski definition) is 2. The van der Waals surface area contributed by atoms with Gasteiger partial charge in [-0.3, -0.25) is 0 Å². The lowest BCUT2D eigenvalue weighted by atomic mass is 9.90. The Labute approximate surface area is 91.3 Å². The van der Waals surface area contributed by atoms with Crippen LogP contribution >= 0.6 is 0 Å². The van der Waals surface area contributed by atoms with Crippen LogP contribution in [0.25, 0.3) is 0 Å². The number of benzene rings is 1. The fourth-order valence-corrected chi connectivity index (χ4v) is 2.59. The quantitative estimate of drug-likeness (QED) is 0.778. The van der Waals surface area contributed by atoms with Crippen LogP contribution in [-0.2, 0) is 0 Å². The SMILES string of the molecule is CC[C@H]1N[C@H](C)C[C@@H]1c1ccc(O)cc1. The molecule has 0 aromatic heterocycles. The molecule has 0 spiro atoms. The Morgan fingerprint density at radius 2 is 2.00 bits per heavy atom. The van der Waals surface area contributed by atoms with Crippen LogP contribution in [-0.4, -0.2) is 17.2 Å². The molecule has 1 aromatic rings. The summed E-state index contributed by atoms with van der Waals surface area (Å²) in [4.78, 5) is 0. The summed E-state index contributed by atoms with van der Waals surface area (Å²) in [6, 6.07) is 8.85. The van der Waals surface area contributed by atoms with Gasteiger partial charge < -0.3 is 10.4 Å². The van der Waals surface area contributed by atoms with Gasteiger partial charge in [-0.1, -0.05) is 19.1 Å². The number of nitrogens with one attached hydrogen (secondary N) is 1. The number of phenols is 1. The summed E-state index contributed by atoms with van der Waals surface area (Å²) < 4.78 is 0. The van der Waals surface area contributed by atoms with Crippen LogP contribution in [0.4, 0.5) is 0 Å². The Morgan fingerprint density at radius 3 is 2.60 bits per heavy atom. The predicted octanol–water partition coefficient (Wildman–Crippen LogP) is 2.64. The van der Waals surface area contributed by atoms with Crippen molar-refractivity contribution in [3.05, 3.63) is 29.8 Å². The smallest absolute Gasteiger partial charge is 0.115 e. The topological polar surface area (TPSA) is 32.3 Å². The lowest BCUT2D eigenvalue weighted by molar-refractivity contribution is 0.474. The van der Waals surface area contributed by atoms with Crippen LogP contribution in [0.1, 0.15) is 38.2 Å². The second kappa shape index (κ2) is 4.23. The Balaban J connectivity index is 2.19. The molecular formula is C13H19NO. The zero-order valence-electron chi connectivity index (χ0n) is 9.40. The summed E-state index contributed by atoms with van der Waals surface area (Å²) in [6.07, 6.45) is 2.36. The maximum atomic E-state index is 9.26. The van der Waals surface area contributed by atoms with Gasteiger partial charge in [-0.15, -0.1) is 0 Å². The Morgan fingerprint density at radius 1 is 1.33 bits per heavy atom. The zero-order chi connectivity index (χ0) is 10.8. The molecule has 0 amide bonds. The number of aromatic hydroxyl groups is 1. The molecule has 2 rings (SSSR count). The highest BCUT2D eigenvalue weighted by Gasteiger charge is 2.30. The molecule has 1 aliphatic heterocycles. The van der Waals surface area contributed by atoms with Gasteiger partial charge in [-0.05, 0) is 37.5 Å². The van der Waals surface area contributed by atoms with Crippen molar-refractivity contribution >= 4 is 0 Å². The molecule has 0 unspecified atom stereocenters. The van der Waals surface area contributed by atoms with Gasteiger partial charge in [0.15, 0.2) is 0 Å². The predicted molar refractivity (Wildman–Crippen MR) is 62.1 cm³/mol. The van der Waals surface area contributed by atoms with Crippen LogP contribution in [0.5, 0.6) is 5.75 Å². The van der Waals surface area contributed by atoms with E-state index < -0.39 is 0 Å². The van der Waals surface area contributed by atoms with Crippen molar-refractivity contribution in [2.75, 3.05) is 0 Å². The van der Waals surface area contributed by atoms with Gasteiger partial charge in [0, 0.05) is 18.0 Å². The van der Waals surface area contributed by atoms with Crippen molar-refractivity contribution in [1.29, 1.82) is 0 Å². The molecular weight excluding hydrogens is 186 g/mol. The van der Waals surface area contributed by atoms with Gasteiger partial charge in [-0.25, -0.2) is 0 Å². The molecule has 0 bridgehead atoms. The lowest BCUT2D eigenvalue weighted by Gasteiger charge is -2.18. The first-order valence-corrected chi connectivity index (χ1v) is 5.75. The highest BCUT2D eigenvalue weighted by molar-refractivity contribution is 5.30. The third-order valence-electron chi connectivity index (χ3n) is 3.35. The second-order valence-electron chi connectivity index (χ2n) is 4.52. The third-order valence-corrected chi connectivity index (χ3v) is 3.35. The minimum absolute atomic E-state index is 0.353. The average Bonchev–Trinajstić information content (AvgIpc) is 2.61. The van der Waals surface area contributed by atoms with E-state index in [0.29, 0.717) is 23.8 Å². The molecule has 1 aromatic carbocycles. The lowest BCUT2D eigenvalue weighted by Crippen LogP contribution is -2.28. The van der Waals surface area contributed by atoms with Gasteiger partial charge in [-0.2, -0.15) is 0 Å². The zero-order valence-corrected chi connectivity index (χ0v) is 9.40. The summed E-state index contributed by atoms with van der Waals surface area (Å²) in [5.74, 6) is 0.955. The Bertz CT molecular complexity index is 320. The molecule has 1 heterocycles. The first-order valence-electron chi connectivity index (χ1n) is 5.75. The highest BCUT2D eigenvalue weighted by Crippen LogP contribution is 2.32. The van der Waals surface area contributed by atoms with Crippen LogP contribution in [0.15, 0.2) is 24.3 Å². The van der Waals surface area contributed by atoms with Crippen molar-refractivity contribution in [3.8, 4) is 5.75 Å². The van der Waals surface area contributed by atoms with Crippen molar-refractivity contribution < 1.29 is 5.11 Å². The van der Waals surface area contributed by atoms with Crippen LogP contribution in [0, 0.1) is 0 Å².